The third-order valence-electron chi connectivity index (χ3n) is 3.73. The van der Waals surface area contributed by atoms with Gasteiger partial charge in [-0.25, -0.2) is 8.78 Å². The maximum atomic E-state index is 13.0. The van der Waals surface area contributed by atoms with E-state index < -0.39 is 5.92 Å². The van der Waals surface area contributed by atoms with E-state index in [1.54, 1.807) is 0 Å². The molecule has 2 aromatic rings. The van der Waals surface area contributed by atoms with Crippen LogP contribution >= 0.6 is 0 Å². The molecule has 0 N–H and O–H groups in total. The van der Waals surface area contributed by atoms with E-state index in [1.807, 2.05) is 12.1 Å². The first-order valence-corrected chi connectivity index (χ1v) is 7.26. The summed E-state index contributed by atoms with van der Waals surface area (Å²) < 4.78 is 26.1. The molecule has 0 amide bonds. The third kappa shape index (κ3) is 4.03. The molecule has 0 spiro atoms. The Morgan fingerprint density at radius 1 is 0.900 bits per heavy atom. The van der Waals surface area contributed by atoms with Crippen molar-refractivity contribution in [1.29, 1.82) is 0 Å². The zero-order chi connectivity index (χ0) is 14.4. The smallest absolute Gasteiger partial charge is 0.207 e. The van der Waals surface area contributed by atoms with Crippen molar-refractivity contribution >= 4 is 10.8 Å². The quantitative estimate of drug-likeness (QED) is 0.560. The predicted octanol–water partition coefficient (Wildman–Crippen LogP) is 5.80. The Balaban J connectivity index is 1.85. The lowest BCUT2D eigenvalue weighted by molar-refractivity contribution is -0.00748. The number of halogens is 2. The van der Waals surface area contributed by atoms with Crippen LogP contribution in [0, 0.1) is 6.92 Å². The van der Waals surface area contributed by atoms with Crippen molar-refractivity contribution in [1.82, 2.24) is 0 Å². The molecule has 0 aliphatic carbocycles. The first-order chi connectivity index (χ1) is 9.62. The molecule has 20 heavy (non-hydrogen) atoms. The van der Waals surface area contributed by atoms with Gasteiger partial charge in [0.15, 0.2) is 0 Å². The topological polar surface area (TPSA) is 0 Å². The minimum atomic E-state index is -2.58. The van der Waals surface area contributed by atoms with E-state index >= 15 is 0 Å². The number of benzene rings is 2. The van der Waals surface area contributed by atoms with E-state index in [1.165, 1.54) is 16.3 Å². The summed E-state index contributed by atoms with van der Waals surface area (Å²) in [5.74, 6) is -2.58. The summed E-state index contributed by atoms with van der Waals surface area (Å²) in [4.78, 5) is 0. The van der Waals surface area contributed by atoms with Gasteiger partial charge < -0.3 is 0 Å². The average Bonchev–Trinajstić information content (AvgIpc) is 2.47. The monoisotopic (exact) mass is 275 g/mol. The maximum absolute atomic E-state index is 13.0. The van der Waals surface area contributed by atoms with E-state index in [0.29, 0.717) is 6.42 Å². The van der Waals surface area contributed by atoms with E-state index in [-0.39, 0.29) is 12.8 Å². The van der Waals surface area contributed by atoms with Gasteiger partial charge in [-0.15, -0.1) is 0 Å². The standard InChI is InChI=1S/C18H21F2/c1-2-18(19,20)14-7-3-4-9-15-11-8-12-16-10-5-6-13-17(15)16/h5-6,8,10-13H,1-4,7,9,14H2. The number of alkyl halides is 2. The van der Waals surface area contributed by atoms with Crippen molar-refractivity contribution in [2.75, 3.05) is 0 Å². The number of unbranched alkanes of at least 4 members (excludes halogenated alkanes) is 2. The second-order valence-electron chi connectivity index (χ2n) is 5.30. The fourth-order valence-corrected chi connectivity index (χ4v) is 2.51. The Morgan fingerprint density at radius 2 is 1.65 bits per heavy atom. The molecule has 0 nitrogen and oxygen atoms in total. The first-order valence-electron chi connectivity index (χ1n) is 7.26. The highest BCUT2D eigenvalue weighted by molar-refractivity contribution is 5.85. The van der Waals surface area contributed by atoms with Gasteiger partial charge in [-0.2, -0.15) is 0 Å². The number of rotatable bonds is 7. The Labute approximate surface area is 119 Å². The second kappa shape index (κ2) is 6.83. The maximum Gasteiger partial charge on any atom is 0.248 e. The van der Waals surface area contributed by atoms with Crippen LogP contribution in [0.2, 0.25) is 0 Å². The largest absolute Gasteiger partial charge is 0.248 e. The van der Waals surface area contributed by atoms with E-state index in [4.69, 9.17) is 0 Å². The van der Waals surface area contributed by atoms with Crippen LogP contribution in [0.25, 0.3) is 10.8 Å². The summed E-state index contributed by atoms with van der Waals surface area (Å²) in [6.07, 6.45) is 3.01. The van der Waals surface area contributed by atoms with Crippen molar-refractivity contribution in [3.63, 3.8) is 0 Å². The molecule has 0 aliphatic rings. The van der Waals surface area contributed by atoms with Crippen LogP contribution in [0.5, 0.6) is 0 Å². The van der Waals surface area contributed by atoms with Crippen molar-refractivity contribution in [2.24, 2.45) is 0 Å². The molecule has 2 rings (SSSR count). The molecule has 0 fully saturated rings. The molecule has 0 heterocycles. The Hall–Kier alpha value is -1.44. The molecule has 0 saturated heterocycles. The fraction of sp³-hybridized carbons (Fsp3) is 0.389. The molecule has 1 radical (unpaired) electrons. The van der Waals surface area contributed by atoms with Gasteiger partial charge in [0.2, 0.25) is 5.92 Å². The Morgan fingerprint density at radius 3 is 2.45 bits per heavy atom. The van der Waals surface area contributed by atoms with Crippen LogP contribution in [-0.4, -0.2) is 5.92 Å². The molecule has 2 heteroatoms. The molecule has 107 valence electrons. The molecular weight excluding hydrogens is 254 g/mol. The lowest BCUT2D eigenvalue weighted by Gasteiger charge is -2.13. The Kier molecular flexibility index (Phi) is 5.11. The number of fused-ring (bicyclic) bond motifs is 1. The number of hydrogen-bond acceptors (Lipinski definition) is 0. The van der Waals surface area contributed by atoms with Gasteiger partial charge in [0.05, 0.1) is 0 Å². The highest BCUT2D eigenvalue weighted by Crippen LogP contribution is 2.25. The molecule has 0 saturated carbocycles. The van der Waals surface area contributed by atoms with Gasteiger partial charge in [0.1, 0.15) is 0 Å². The summed E-state index contributed by atoms with van der Waals surface area (Å²) in [5, 5.41) is 2.52. The lowest BCUT2D eigenvalue weighted by Crippen LogP contribution is -2.13. The molecule has 0 aromatic heterocycles. The number of hydrogen-bond donors (Lipinski definition) is 0. The van der Waals surface area contributed by atoms with Crippen LogP contribution in [0.1, 0.15) is 37.7 Å². The molecule has 0 unspecified atom stereocenters. The van der Waals surface area contributed by atoms with Crippen LogP contribution < -0.4 is 0 Å². The van der Waals surface area contributed by atoms with Crippen molar-refractivity contribution in [3.8, 4) is 0 Å². The zero-order valence-corrected chi connectivity index (χ0v) is 11.7. The molecule has 0 atom stereocenters. The van der Waals surface area contributed by atoms with Gasteiger partial charge >= 0.3 is 0 Å². The summed E-state index contributed by atoms with van der Waals surface area (Å²) in [7, 11) is 0. The normalized spacial score (nSPS) is 11.9. The number of aryl methyl sites for hydroxylation is 1. The molecule has 2 aromatic carbocycles. The predicted molar refractivity (Wildman–Crippen MR) is 81.0 cm³/mol. The fourth-order valence-electron chi connectivity index (χ4n) is 2.51. The summed E-state index contributed by atoms with van der Waals surface area (Å²) in [5.41, 5.74) is 1.31. The van der Waals surface area contributed by atoms with Gasteiger partial charge in [-0.1, -0.05) is 48.9 Å². The minimum Gasteiger partial charge on any atom is -0.207 e. The van der Waals surface area contributed by atoms with Crippen LogP contribution in [-0.2, 0) is 6.42 Å². The van der Waals surface area contributed by atoms with Crippen LogP contribution in [0.3, 0.4) is 0 Å². The third-order valence-corrected chi connectivity index (χ3v) is 3.73. The van der Waals surface area contributed by atoms with Gasteiger partial charge in [-0.05, 0) is 42.5 Å². The minimum absolute atomic E-state index is 0.0357. The van der Waals surface area contributed by atoms with Gasteiger partial charge in [0, 0.05) is 12.8 Å². The van der Waals surface area contributed by atoms with Gasteiger partial charge in [-0.3, -0.25) is 0 Å². The SMILES string of the molecule is [CH2]CC(F)(F)CCCCCc1cccc2ccccc12. The van der Waals surface area contributed by atoms with Crippen LogP contribution in [0.4, 0.5) is 8.78 Å². The van der Waals surface area contributed by atoms with Crippen LogP contribution in [0.15, 0.2) is 42.5 Å². The zero-order valence-electron chi connectivity index (χ0n) is 11.7. The highest BCUT2D eigenvalue weighted by Gasteiger charge is 2.24. The molecular formula is C18H21F2. The van der Waals surface area contributed by atoms with Gasteiger partial charge in [0.25, 0.3) is 0 Å². The van der Waals surface area contributed by atoms with Crippen molar-refractivity contribution in [3.05, 3.63) is 55.0 Å². The lowest BCUT2D eigenvalue weighted by atomic mass is 9.99. The average molecular weight is 275 g/mol. The molecule has 0 bridgehead atoms. The van der Waals surface area contributed by atoms with Crippen molar-refractivity contribution in [2.45, 2.75) is 44.4 Å². The second-order valence-corrected chi connectivity index (χ2v) is 5.30. The van der Waals surface area contributed by atoms with E-state index in [9.17, 15) is 8.78 Å². The highest BCUT2D eigenvalue weighted by atomic mass is 19.3. The molecule has 0 aliphatic heterocycles. The van der Waals surface area contributed by atoms with E-state index in [0.717, 1.165) is 19.3 Å². The Bertz CT molecular complexity index is 541. The summed E-state index contributed by atoms with van der Waals surface area (Å²) in [6, 6.07) is 14.6. The summed E-state index contributed by atoms with van der Waals surface area (Å²) >= 11 is 0. The first kappa shape index (κ1) is 15.0. The summed E-state index contributed by atoms with van der Waals surface area (Å²) in [6.45, 7) is 3.29. The van der Waals surface area contributed by atoms with E-state index in [2.05, 4.69) is 37.3 Å². The van der Waals surface area contributed by atoms with Crippen molar-refractivity contribution < 1.29 is 8.78 Å².